The summed E-state index contributed by atoms with van der Waals surface area (Å²) in [4.78, 5) is 19.5. The van der Waals surface area contributed by atoms with Crippen molar-refractivity contribution in [3.8, 4) is 33.6 Å². The highest BCUT2D eigenvalue weighted by Crippen LogP contribution is 2.46. The van der Waals surface area contributed by atoms with E-state index in [0.29, 0.717) is 54.5 Å². The normalized spacial score (nSPS) is 13.7. The maximum atomic E-state index is 12.3. The molecular formula is C26H21F3N8O3S. The topological polar surface area (TPSA) is 141 Å². The van der Waals surface area contributed by atoms with Crippen LogP contribution in [0.15, 0.2) is 60.0 Å². The second kappa shape index (κ2) is 12.1. The number of rotatable bonds is 7. The number of ether oxygens (including phenoxy) is 2. The van der Waals surface area contributed by atoms with Gasteiger partial charge in [-0.3, -0.25) is 5.10 Å². The summed E-state index contributed by atoms with van der Waals surface area (Å²) < 4.78 is 46.1. The number of carbonyl (C=O) groups excluding carboxylic acids is 1. The van der Waals surface area contributed by atoms with Crippen molar-refractivity contribution in [3.63, 3.8) is 0 Å². The number of hydrogen-bond donors (Lipinski definition) is 3. The van der Waals surface area contributed by atoms with Crippen molar-refractivity contribution in [1.82, 2.24) is 20.6 Å². The van der Waals surface area contributed by atoms with Crippen molar-refractivity contribution >= 4 is 34.3 Å². The monoisotopic (exact) mass is 582 g/mol. The molecule has 1 saturated heterocycles. The molecule has 2 aromatic heterocycles. The lowest BCUT2D eigenvalue weighted by Crippen LogP contribution is -2.36. The van der Waals surface area contributed by atoms with Gasteiger partial charge in [0.1, 0.15) is 23.1 Å². The van der Waals surface area contributed by atoms with Gasteiger partial charge in [0.05, 0.1) is 29.9 Å². The molecule has 41 heavy (non-hydrogen) atoms. The summed E-state index contributed by atoms with van der Waals surface area (Å²) in [5.74, 6) is 0.182. The number of urea groups is 1. The van der Waals surface area contributed by atoms with Crippen LogP contribution in [0, 0.1) is 11.3 Å². The Kier molecular flexibility index (Phi) is 8.13. The number of hydrogen-bond acceptors (Lipinski definition) is 9. The zero-order chi connectivity index (χ0) is 28.8. The molecule has 3 heterocycles. The van der Waals surface area contributed by atoms with Crippen molar-refractivity contribution in [3.05, 3.63) is 66.0 Å². The lowest BCUT2D eigenvalue weighted by Gasteiger charge is -2.27. The molecule has 2 amide bonds. The Morgan fingerprint density at radius 3 is 2.54 bits per heavy atom. The fraction of sp³-hybridized carbons (Fsp3) is 0.192. The van der Waals surface area contributed by atoms with Gasteiger partial charge in [0, 0.05) is 24.3 Å². The first-order valence-electron chi connectivity index (χ1n) is 12.1. The number of halogens is 3. The van der Waals surface area contributed by atoms with Gasteiger partial charge in [-0.15, -0.1) is 24.5 Å². The molecule has 1 fully saturated rings. The molecule has 1 aliphatic rings. The molecule has 210 valence electrons. The molecule has 0 bridgehead atoms. The third kappa shape index (κ3) is 6.80. The third-order valence-electron chi connectivity index (χ3n) is 5.85. The minimum Gasteiger partial charge on any atom is -0.406 e. The molecule has 0 saturated carbocycles. The number of nitriles is 1. The fourth-order valence-electron chi connectivity index (χ4n) is 4.07. The van der Waals surface area contributed by atoms with Crippen molar-refractivity contribution < 1.29 is 27.4 Å². The standard InChI is InChI=1S/C26H21F3N8O3S/c27-26(28,29)40-19-7-1-16(2-8-19)14-32-36-25(38)34-18-5-3-17(4-6-18)21-20(13-30)24(37-9-11-39-12-10-37)41-22(21)23-31-15-33-35-23/h1-8,14-15H,9-12H2,(H,31,33,35)(H2,34,36,38)/b32-14+. The molecule has 0 aliphatic carbocycles. The summed E-state index contributed by atoms with van der Waals surface area (Å²) in [6.45, 7) is 2.49. The van der Waals surface area contributed by atoms with Crippen LogP contribution in [0.4, 0.5) is 28.7 Å². The summed E-state index contributed by atoms with van der Waals surface area (Å²) in [5.41, 5.74) is 5.21. The zero-order valence-corrected chi connectivity index (χ0v) is 21.9. The van der Waals surface area contributed by atoms with E-state index in [4.69, 9.17) is 4.74 Å². The molecule has 0 radical (unpaired) electrons. The van der Waals surface area contributed by atoms with Crippen LogP contribution < -0.4 is 20.4 Å². The van der Waals surface area contributed by atoms with Crippen LogP contribution in [0.2, 0.25) is 0 Å². The number of aromatic amines is 1. The van der Waals surface area contributed by atoms with Gasteiger partial charge in [0.15, 0.2) is 5.82 Å². The summed E-state index contributed by atoms with van der Waals surface area (Å²) in [5, 5.41) is 24.2. The number of nitrogens with zero attached hydrogens (tertiary/aromatic N) is 5. The van der Waals surface area contributed by atoms with E-state index in [9.17, 15) is 23.2 Å². The van der Waals surface area contributed by atoms with E-state index in [1.807, 2.05) is 0 Å². The quantitative estimate of drug-likeness (QED) is 0.207. The zero-order valence-electron chi connectivity index (χ0n) is 21.1. The Labute approximate surface area is 235 Å². The van der Waals surface area contributed by atoms with Gasteiger partial charge < -0.3 is 19.7 Å². The molecule has 2 aromatic carbocycles. The molecule has 3 N–H and O–H groups in total. The van der Waals surface area contributed by atoms with Crippen LogP contribution in [-0.4, -0.2) is 60.1 Å². The second-order valence-corrected chi connectivity index (χ2v) is 9.55. The van der Waals surface area contributed by atoms with E-state index >= 15 is 0 Å². The molecule has 5 rings (SSSR count). The number of H-pyrrole nitrogens is 1. The van der Waals surface area contributed by atoms with Crippen molar-refractivity contribution in [2.45, 2.75) is 6.36 Å². The summed E-state index contributed by atoms with van der Waals surface area (Å²) >= 11 is 1.46. The number of aromatic nitrogens is 3. The lowest BCUT2D eigenvalue weighted by molar-refractivity contribution is -0.274. The number of carbonyl (C=O) groups is 1. The summed E-state index contributed by atoms with van der Waals surface area (Å²) in [6.07, 6.45) is -2.10. The van der Waals surface area contributed by atoms with Crippen LogP contribution in [-0.2, 0) is 4.74 Å². The molecule has 0 atom stereocenters. The van der Waals surface area contributed by atoms with Gasteiger partial charge in [-0.05, 0) is 47.5 Å². The van der Waals surface area contributed by atoms with Crippen molar-refractivity contribution in [2.75, 3.05) is 36.5 Å². The number of amides is 2. The van der Waals surface area contributed by atoms with E-state index in [-0.39, 0.29) is 5.75 Å². The number of thiophene rings is 1. The van der Waals surface area contributed by atoms with Gasteiger partial charge >= 0.3 is 12.4 Å². The first kappa shape index (κ1) is 27.6. The maximum Gasteiger partial charge on any atom is 0.573 e. The van der Waals surface area contributed by atoms with E-state index < -0.39 is 12.4 Å². The third-order valence-corrected chi connectivity index (χ3v) is 7.11. The van der Waals surface area contributed by atoms with Crippen molar-refractivity contribution in [1.29, 1.82) is 5.26 Å². The van der Waals surface area contributed by atoms with Crippen LogP contribution in [0.1, 0.15) is 11.1 Å². The molecule has 0 unspecified atom stereocenters. The number of alkyl halides is 3. The van der Waals surface area contributed by atoms with Gasteiger partial charge in [-0.1, -0.05) is 12.1 Å². The first-order chi connectivity index (χ1) is 19.8. The van der Waals surface area contributed by atoms with E-state index in [0.717, 1.165) is 27.6 Å². The number of nitrogens with one attached hydrogen (secondary N) is 3. The Morgan fingerprint density at radius 2 is 1.90 bits per heavy atom. The highest BCUT2D eigenvalue weighted by molar-refractivity contribution is 7.20. The van der Waals surface area contributed by atoms with E-state index in [1.54, 1.807) is 24.3 Å². The number of benzene rings is 2. The number of morpholine rings is 1. The average Bonchev–Trinajstić information content (AvgIpc) is 3.62. The Balaban J connectivity index is 1.28. The second-order valence-electron chi connectivity index (χ2n) is 8.55. The van der Waals surface area contributed by atoms with Crippen molar-refractivity contribution in [2.24, 2.45) is 5.10 Å². The van der Waals surface area contributed by atoms with Gasteiger partial charge in [-0.2, -0.15) is 15.5 Å². The molecule has 1 aliphatic heterocycles. The highest BCUT2D eigenvalue weighted by Gasteiger charge is 2.31. The molecule has 4 aromatic rings. The largest absolute Gasteiger partial charge is 0.573 e. The molecule has 11 nitrogen and oxygen atoms in total. The van der Waals surface area contributed by atoms with Crippen LogP contribution in [0.5, 0.6) is 5.75 Å². The van der Waals surface area contributed by atoms with Gasteiger partial charge in [0.25, 0.3) is 0 Å². The lowest BCUT2D eigenvalue weighted by atomic mass is 10.0. The van der Waals surface area contributed by atoms with Gasteiger partial charge in [0.2, 0.25) is 0 Å². The molecule has 0 spiro atoms. The van der Waals surface area contributed by atoms with E-state index in [1.165, 1.54) is 36.0 Å². The minimum atomic E-state index is -4.78. The fourth-order valence-corrected chi connectivity index (χ4v) is 5.34. The van der Waals surface area contributed by atoms with Crippen LogP contribution >= 0.6 is 11.3 Å². The summed E-state index contributed by atoms with van der Waals surface area (Å²) in [6, 6.07) is 13.7. The predicted molar refractivity (Wildman–Crippen MR) is 146 cm³/mol. The highest BCUT2D eigenvalue weighted by atomic mass is 32.1. The Bertz CT molecular complexity index is 1560. The van der Waals surface area contributed by atoms with Crippen LogP contribution in [0.3, 0.4) is 0 Å². The van der Waals surface area contributed by atoms with Gasteiger partial charge in [-0.25, -0.2) is 15.2 Å². The predicted octanol–water partition coefficient (Wildman–Crippen LogP) is 4.96. The minimum absolute atomic E-state index is 0.363. The Hall–Kier alpha value is -4.94. The summed E-state index contributed by atoms with van der Waals surface area (Å²) in [7, 11) is 0. The smallest absolute Gasteiger partial charge is 0.406 e. The first-order valence-corrected chi connectivity index (χ1v) is 12.9. The molecular weight excluding hydrogens is 561 g/mol. The number of hydrazone groups is 1. The average molecular weight is 583 g/mol. The molecule has 15 heteroatoms. The van der Waals surface area contributed by atoms with Crippen LogP contribution in [0.25, 0.3) is 21.8 Å². The number of anilines is 2. The maximum absolute atomic E-state index is 12.3. The SMILES string of the molecule is N#Cc1c(N2CCOCC2)sc(-c2ncn[nH]2)c1-c1ccc(NC(=O)N/N=C/c2ccc(OC(F)(F)F)cc2)cc1. The Morgan fingerprint density at radius 1 is 1.17 bits per heavy atom. The van der Waals surface area contributed by atoms with E-state index in [2.05, 4.69) is 46.7 Å².